The highest BCUT2D eigenvalue weighted by Crippen LogP contribution is 2.50. The lowest BCUT2D eigenvalue weighted by Gasteiger charge is -2.27. The van der Waals surface area contributed by atoms with Gasteiger partial charge < -0.3 is 15.0 Å². The Morgan fingerprint density at radius 3 is 2.91 bits per heavy atom. The molecule has 6 nitrogen and oxygen atoms in total. The number of likely N-dealkylation sites (tertiary alicyclic amines) is 1. The van der Waals surface area contributed by atoms with Crippen molar-refractivity contribution in [3.63, 3.8) is 0 Å². The standard InChI is InChI=1S/C24H22ClN3O3S/c1-31-18-7-3-4-14(9-18)22-21(27-13-32-22)24(30)28-12-16-10-19(16)20(28)11-26-23(29)15-5-2-6-17(25)8-15/h2-9,13,16,19-20H,10-12H2,1H3,(H,26,29)/t16-,19?,20+/m0/s1. The Bertz CT molecular complexity index is 1180. The Hall–Kier alpha value is -2.90. The minimum atomic E-state index is -0.185. The molecule has 1 aliphatic carbocycles. The number of carbonyl (C=O) groups excluding carboxylic acids is 2. The van der Waals surface area contributed by atoms with Crippen LogP contribution in [-0.4, -0.2) is 47.9 Å². The number of ether oxygens (including phenoxy) is 1. The van der Waals surface area contributed by atoms with Crippen LogP contribution in [0.1, 0.15) is 27.3 Å². The molecule has 8 heteroatoms. The van der Waals surface area contributed by atoms with Crippen LogP contribution in [0.4, 0.5) is 0 Å². The number of benzene rings is 2. The molecule has 1 saturated heterocycles. The number of aromatic nitrogens is 1. The van der Waals surface area contributed by atoms with Crippen molar-refractivity contribution in [2.75, 3.05) is 20.2 Å². The molecule has 2 aromatic carbocycles. The molecule has 3 atom stereocenters. The number of fused-ring (bicyclic) bond motifs is 1. The van der Waals surface area contributed by atoms with Crippen molar-refractivity contribution in [3.8, 4) is 16.2 Å². The molecule has 1 saturated carbocycles. The fourth-order valence-electron chi connectivity index (χ4n) is 4.50. The van der Waals surface area contributed by atoms with E-state index in [1.54, 1.807) is 36.9 Å². The second-order valence-corrected chi connectivity index (χ2v) is 9.46. The Labute approximate surface area is 195 Å². The number of nitrogens with one attached hydrogen (secondary N) is 1. The summed E-state index contributed by atoms with van der Waals surface area (Å²) in [6, 6.07) is 14.5. The number of carbonyl (C=O) groups is 2. The highest BCUT2D eigenvalue weighted by molar-refractivity contribution is 7.13. The lowest BCUT2D eigenvalue weighted by Crippen LogP contribution is -2.45. The van der Waals surface area contributed by atoms with Crippen LogP contribution in [0.15, 0.2) is 54.0 Å². The van der Waals surface area contributed by atoms with Gasteiger partial charge in [0.1, 0.15) is 11.4 Å². The van der Waals surface area contributed by atoms with E-state index in [0.717, 1.165) is 22.6 Å². The summed E-state index contributed by atoms with van der Waals surface area (Å²) in [4.78, 5) is 33.2. The third kappa shape index (κ3) is 3.98. The summed E-state index contributed by atoms with van der Waals surface area (Å²) in [5.74, 6) is 1.40. The largest absolute Gasteiger partial charge is 0.497 e. The summed E-state index contributed by atoms with van der Waals surface area (Å²) in [7, 11) is 1.62. The van der Waals surface area contributed by atoms with E-state index in [0.29, 0.717) is 41.2 Å². The van der Waals surface area contributed by atoms with Crippen LogP contribution < -0.4 is 10.1 Å². The summed E-state index contributed by atoms with van der Waals surface area (Å²) in [6.07, 6.45) is 1.10. The van der Waals surface area contributed by atoms with Gasteiger partial charge in [-0.15, -0.1) is 11.3 Å². The van der Waals surface area contributed by atoms with Crippen LogP contribution in [0.5, 0.6) is 5.75 Å². The lowest BCUT2D eigenvalue weighted by molar-refractivity contribution is 0.0690. The maximum Gasteiger partial charge on any atom is 0.274 e. The molecule has 2 amide bonds. The molecule has 3 aromatic rings. The average molecular weight is 468 g/mol. The van der Waals surface area contributed by atoms with Crippen LogP contribution in [0.2, 0.25) is 5.02 Å². The predicted octanol–water partition coefficient (Wildman–Crippen LogP) is 4.36. The van der Waals surface area contributed by atoms with Gasteiger partial charge in [-0.1, -0.05) is 29.8 Å². The smallest absolute Gasteiger partial charge is 0.274 e. The first-order valence-corrected chi connectivity index (χ1v) is 11.7. The number of amides is 2. The number of nitrogens with zero attached hydrogens (tertiary/aromatic N) is 2. The minimum absolute atomic E-state index is 0.0320. The molecule has 2 fully saturated rings. The molecule has 32 heavy (non-hydrogen) atoms. The van der Waals surface area contributed by atoms with E-state index in [4.69, 9.17) is 16.3 Å². The van der Waals surface area contributed by atoms with Crippen molar-refractivity contribution in [2.24, 2.45) is 11.8 Å². The number of hydrogen-bond acceptors (Lipinski definition) is 5. The molecule has 0 bridgehead atoms. The highest BCUT2D eigenvalue weighted by atomic mass is 35.5. The van der Waals surface area contributed by atoms with Gasteiger partial charge in [-0.2, -0.15) is 0 Å². The van der Waals surface area contributed by atoms with Gasteiger partial charge >= 0.3 is 0 Å². The summed E-state index contributed by atoms with van der Waals surface area (Å²) < 4.78 is 5.33. The van der Waals surface area contributed by atoms with Gasteiger partial charge in [0.2, 0.25) is 0 Å². The minimum Gasteiger partial charge on any atom is -0.497 e. The molecule has 1 N–H and O–H groups in total. The zero-order valence-corrected chi connectivity index (χ0v) is 19.0. The van der Waals surface area contributed by atoms with E-state index in [1.165, 1.54) is 11.3 Å². The number of methoxy groups -OCH3 is 1. The normalized spacial score (nSPS) is 21.2. The zero-order valence-electron chi connectivity index (χ0n) is 17.5. The Kier molecular flexibility index (Phi) is 5.61. The van der Waals surface area contributed by atoms with Gasteiger partial charge in [0, 0.05) is 23.7 Å². The van der Waals surface area contributed by atoms with Crippen LogP contribution in [0, 0.1) is 11.8 Å². The molecule has 0 spiro atoms. The molecule has 164 valence electrons. The van der Waals surface area contributed by atoms with E-state index in [2.05, 4.69) is 10.3 Å². The Morgan fingerprint density at radius 2 is 2.09 bits per heavy atom. The van der Waals surface area contributed by atoms with E-state index < -0.39 is 0 Å². The summed E-state index contributed by atoms with van der Waals surface area (Å²) >= 11 is 7.45. The van der Waals surface area contributed by atoms with Crippen LogP contribution in [-0.2, 0) is 0 Å². The molecule has 1 unspecified atom stereocenters. The van der Waals surface area contributed by atoms with E-state index in [1.807, 2.05) is 29.2 Å². The van der Waals surface area contributed by atoms with Gasteiger partial charge in [-0.3, -0.25) is 9.59 Å². The number of rotatable bonds is 6. The average Bonchev–Trinajstić information content (AvgIpc) is 3.24. The maximum absolute atomic E-state index is 13.5. The zero-order chi connectivity index (χ0) is 22.2. The molecule has 2 aliphatic rings. The molecule has 2 heterocycles. The predicted molar refractivity (Wildman–Crippen MR) is 124 cm³/mol. The summed E-state index contributed by atoms with van der Waals surface area (Å²) in [5.41, 5.74) is 3.58. The van der Waals surface area contributed by atoms with E-state index in [-0.39, 0.29) is 17.9 Å². The van der Waals surface area contributed by atoms with Crippen molar-refractivity contribution in [3.05, 3.63) is 70.3 Å². The first-order chi connectivity index (χ1) is 15.5. The Morgan fingerprint density at radius 1 is 1.25 bits per heavy atom. The van der Waals surface area contributed by atoms with Gasteiger partial charge in [-0.25, -0.2) is 4.98 Å². The second kappa shape index (κ2) is 8.56. The van der Waals surface area contributed by atoms with Crippen molar-refractivity contribution in [2.45, 2.75) is 12.5 Å². The molecule has 1 aliphatic heterocycles. The molecule has 5 rings (SSSR count). The number of piperidine rings is 1. The van der Waals surface area contributed by atoms with Crippen molar-refractivity contribution in [1.29, 1.82) is 0 Å². The molecular weight excluding hydrogens is 446 g/mol. The summed E-state index contributed by atoms with van der Waals surface area (Å²) in [6.45, 7) is 1.12. The van der Waals surface area contributed by atoms with Crippen molar-refractivity contribution in [1.82, 2.24) is 15.2 Å². The van der Waals surface area contributed by atoms with Gasteiger partial charge in [0.25, 0.3) is 11.8 Å². The first kappa shape index (κ1) is 21.0. The van der Waals surface area contributed by atoms with Crippen LogP contribution >= 0.6 is 22.9 Å². The maximum atomic E-state index is 13.5. The number of halogens is 1. The van der Waals surface area contributed by atoms with Gasteiger partial charge in [0.05, 0.1) is 23.5 Å². The van der Waals surface area contributed by atoms with Crippen LogP contribution in [0.3, 0.4) is 0 Å². The molecule has 1 aromatic heterocycles. The third-order valence-electron chi connectivity index (χ3n) is 6.22. The number of hydrogen-bond donors (Lipinski definition) is 1. The SMILES string of the molecule is COc1cccc(-c2scnc2C(=O)N2C[C@@H]3CC3[C@H]2CNC(=O)c2cccc(Cl)c2)c1. The van der Waals surface area contributed by atoms with Crippen molar-refractivity contribution < 1.29 is 14.3 Å². The van der Waals surface area contributed by atoms with Gasteiger partial charge in [-0.05, 0) is 54.2 Å². The fraction of sp³-hybridized carbons (Fsp3) is 0.292. The fourth-order valence-corrected chi connectivity index (χ4v) is 5.47. The van der Waals surface area contributed by atoms with E-state index >= 15 is 0 Å². The Balaban J connectivity index is 1.33. The summed E-state index contributed by atoms with van der Waals surface area (Å²) in [5, 5.41) is 3.51. The van der Waals surface area contributed by atoms with Crippen molar-refractivity contribution >= 4 is 34.8 Å². The lowest BCUT2D eigenvalue weighted by atomic mass is 10.1. The number of thiazole rings is 1. The highest BCUT2D eigenvalue weighted by Gasteiger charge is 2.54. The quantitative estimate of drug-likeness (QED) is 0.584. The van der Waals surface area contributed by atoms with Gasteiger partial charge in [0.15, 0.2) is 0 Å². The second-order valence-electron chi connectivity index (χ2n) is 8.17. The third-order valence-corrected chi connectivity index (χ3v) is 7.34. The van der Waals surface area contributed by atoms with E-state index in [9.17, 15) is 9.59 Å². The topological polar surface area (TPSA) is 71.5 Å². The monoisotopic (exact) mass is 467 g/mol. The first-order valence-electron chi connectivity index (χ1n) is 10.5. The molecular formula is C24H22ClN3O3S. The molecule has 0 radical (unpaired) electrons. The van der Waals surface area contributed by atoms with Crippen LogP contribution in [0.25, 0.3) is 10.4 Å².